The molecule has 0 saturated carbocycles. The Hall–Kier alpha value is -3.54. The third kappa shape index (κ3) is 9.98. The molecule has 46 heavy (non-hydrogen) atoms. The third-order valence-corrected chi connectivity index (χ3v) is 8.41. The molecule has 0 saturated heterocycles. The Morgan fingerprint density at radius 1 is 0.543 bits per heavy atom. The molecule has 0 aliphatic rings. The van der Waals surface area contributed by atoms with Crippen molar-refractivity contribution in [3.05, 3.63) is 68.8 Å². The highest BCUT2D eigenvalue weighted by atomic mass is 16.4. The zero-order valence-corrected chi connectivity index (χ0v) is 30.3. The van der Waals surface area contributed by atoms with Crippen molar-refractivity contribution >= 4 is 24.1 Å². The molecule has 2 rings (SSSR count). The van der Waals surface area contributed by atoms with Crippen molar-refractivity contribution in [1.82, 2.24) is 0 Å². The minimum atomic E-state index is -1.01. The van der Waals surface area contributed by atoms with E-state index in [1.54, 1.807) is 12.2 Å². The molecule has 0 amide bonds. The van der Waals surface area contributed by atoms with Crippen LogP contribution >= 0.6 is 0 Å². The molecule has 254 valence electrons. The second-order valence-electron chi connectivity index (χ2n) is 16.7. The Morgan fingerprint density at radius 3 is 1.09 bits per heavy atom. The predicted molar refractivity (Wildman–Crippen MR) is 190 cm³/mol. The number of unbranched alkanes of at least 4 members (excludes halogenated alkanes) is 3. The fraction of sp³-hybridized carbons (Fsp3) is 0.550. The standard InChI is InChI=1S/C40H58O6/c1-37(2,3)29-23-25(19-21-31(41)42)27(33(35(29)45)39(7,8)9)17-15-13-14-16-18-28-26(20-22-32(43)44)24-30(38(4,5)6)36(46)34(28)40(10,11)12/h19-24,45-46H,13-18H2,1-12H3,(H,41,42)(H,43,44)/b21-19+,22-20+. The van der Waals surface area contributed by atoms with Gasteiger partial charge in [-0.15, -0.1) is 0 Å². The first kappa shape index (κ1) is 38.6. The van der Waals surface area contributed by atoms with E-state index < -0.39 is 11.9 Å². The molecule has 0 spiro atoms. The molecular weight excluding hydrogens is 576 g/mol. The van der Waals surface area contributed by atoms with E-state index in [9.17, 15) is 30.0 Å². The number of aliphatic carboxylic acids is 2. The maximum atomic E-state index is 11.5. The van der Waals surface area contributed by atoms with Crippen LogP contribution in [0.3, 0.4) is 0 Å². The lowest BCUT2D eigenvalue weighted by atomic mass is 9.74. The fourth-order valence-corrected chi connectivity index (χ4v) is 6.34. The Kier molecular flexibility index (Phi) is 12.2. The molecule has 6 nitrogen and oxygen atoms in total. The van der Waals surface area contributed by atoms with Crippen molar-refractivity contribution in [3.8, 4) is 11.5 Å². The minimum Gasteiger partial charge on any atom is -0.507 e. The molecule has 0 atom stereocenters. The number of carboxylic acid groups (broad SMARTS) is 2. The molecule has 4 N–H and O–H groups in total. The van der Waals surface area contributed by atoms with Gasteiger partial charge in [0.1, 0.15) is 11.5 Å². The number of aromatic hydroxyl groups is 2. The van der Waals surface area contributed by atoms with E-state index in [0.29, 0.717) is 12.8 Å². The summed E-state index contributed by atoms with van der Waals surface area (Å²) in [6.45, 7) is 24.7. The Bertz CT molecular complexity index is 1370. The highest BCUT2D eigenvalue weighted by Crippen LogP contribution is 2.45. The third-order valence-electron chi connectivity index (χ3n) is 8.41. The smallest absolute Gasteiger partial charge is 0.328 e. The number of phenolic OH excluding ortho intramolecular Hbond substituents is 2. The summed E-state index contributed by atoms with van der Waals surface area (Å²) in [4.78, 5) is 22.9. The second-order valence-corrected chi connectivity index (χ2v) is 16.7. The first-order valence-corrected chi connectivity index (χ1v) is 16.5. The van der Waals surface area contributed by atoms with Crippen LogP contribution in [-0.4, -0.2) is 32.4 Å². The van der Waals surface area contributed by atoms with Crippen LogP contribution < -0.4 is 0 Å². The summed E-state index contributed by atoms with van der Waals surface area (Å²) in [5, 5.41) is 41.8. The monoisotopic (exact) mass is 634 g/mol. The second kappa shape index (κ2) is 14.5. The summed E-state index contributed by atoms with van der Waals surface area (Å²) < 4.78 is 0. The average molecular weight is 635 g/mol. The topological polar surface area (TPSA) is 115 Å². The van der Waals surface area contributed by atoms with Gasteiger partial charge in [0.25, 0.3) is 0 Å². The normalized spacial score (nSPS) is 13.2. The van der Waals surface area contributed by atoms with E-state index >= 15 is 0 Å². The lowest BCUT2D eigenvalue weighted by Gasteiger charge is -2.31. The number of carbonyl (C=O) groups is 2. The van der Waals surface area contributed by atoms with E-state index in [1.807, 2.05) is 53.7 Å². The van der Waals surface area contributed by atoms with Crippen molar-refractivity contribution in [2.75, 3.05) is 0 Å². The van der Waals surface area contributed by atoms with Gasteiger partial charge >= 0.3 is 11.9 Å². The molecule has 0 radical (unpaired) electrons. The summed E-state index contributed by atoms with van der Waals surface area (Å²) in [5.74, 6) is -1.44. The van der Waals surface area contributed by atoms with E-state index in [1.165, 1.54) is 0 Å². The van der Waals surface area contributed by atoms with Crippen LogP contribution in [0.2, 0.25) is 0 Å². The molecule has 0 aromatic heterocycles. The molecule has 0 fully saturated rings. The highest BCUT2D eigenvalue weighted by Gasteiger charge is 2.31. The number of hydrogen-bond acceptors (Lipinski definition) is 4. The molecule has 0 heterocycles. The van der Waals surface area contributed by atoms with Crippen molar-refractivity contribution in [3.63, 3.8) is 0 Å². The van der Waals surface area contributed by atoms with Gasteiger partial charge in [-0.25, -0.2) is 9.59 Å². The van der Waals surface area contributed by atoms with Crippen LogP contribution in [0.4, 0.5) is 0 Å². The molecule has 2 aromatic rings. The highest BCUT2D eigenvalue weighted by molar-refractivity contribution is 5.86. The lowest BCUT2D eigenvalue weighted by Crippen LogP contribution is -2.20. The van der Waals surface area contributed by atoms with Gasteiger partial charge in [0.05, 0.1) is 0 Å². The van der Waals surface area contributed by atoms with E-state index in [-0.39, 0.29) is 33.2 Å². The lowest BCUT2D eigenvalue weighted by molar-refractivity contribution is -0.132. The Morgan fingerprint density at radius 2 is 0.848 bits per heavy atom. The zero-order valence-electron chi connectivity index (χ0n) is 30.3. The summed E-state index contributed by atoms with van der Waals surface area (Å²) in [5.41, 5.74) is 5.61. The van der Waals surface area contributed by atoms with Gasteiger partial charge < -0.3 is 20.4 Å². The summed E-state index contributed by atoms with van der Waals surface area (Å²) in [6, 6.07) is 3.88. The number of phenols is 2. The SMILES string of the molecule is CC(C)(C)c1cc(/C=C/C(=O)O)c(CCCCCCc2c(/C=C/C(=O)O)cc(C(C)(C)C)c(O)c2C(C)(C)C)c(C(C)(C)C)c1O. The van der Waals surface area contributed by atoms with Crippen molar-refractivity contribution in [2.45, 2.75) is 143 Å². The first-order chi connectivity index (χ1) is 20.9. The van der Waals surface area contributed by atoms with Crippen LogP contribution in [0, 0.1) is 0 Å². The van der Waals surface area contributed by atoms with E-state index in [2.05, 4.69) is 41.5 Å². The van der Waals surface area contributed by atoms with Gasteiger partial charge in [0.15, 0.2) is 0 Å². The maximum Gasteiger partial charge on any atom is 0.328 e. The van der Waals surface area contributed by atoms with Gasteiger partial charge in [0.2, 0.25) is 0 Å². The predicted octanol–water partition coefficient (Wildman–Crippen LogP) is 9.83. The van der Waals surface area contributed by atoms with Gasteiger partial charge in [-0.05, 0) is 93.9 Å². The van der Waals surface area contributed by atoms with E-state index in [0.717, 1.165) is 82.3 Å². The molecule has 0 aliphatic carbocycles. The molecule has 0 unspecified atom stereocenters. The molecule has 0 aliphatic heterocycles. The van der Waals surface area contributed by atoms with Crippen LogP contribution in [0.25, 0.3) is 12.2 Å². The average Bonchev–Trinajstić information content (AvgIpc) is 2.86. The fourth-order valence-electron chi connectivity index (χ4n) is 6.34. The first-order valence-electron chi connectivity index (χ1n) is 16.5. The number of benzene rings is 2. The Balaban J connectivity index is 2.42. The van der Waals surface area contributed by atoms with Crippen LogP contribution in [0.1, 0.15) is 153 Å². The number of carboxylic acids is 2. The summed E-state index contributed by atoms with van der Waals surface area (Å²) in [6.07, 6.45) is 10.6. The van der Waals surface area contributed by atoms with Crippen LogP contribution in [-0.2, 0) is 44.1 Å². The van der Waals surface area contributed by atoms with Gasteiger partial charge in [-0.2, -0.15) is 0 Å². The van der Waals surface area contributed by atoms with E-state index in [4.69, 9.17) is 0 Å². The van der Waals surface area contributed by atoms with Crippen LogP contribution in [0.5, 0.6) is 11.5 Å². The number of hydrogen-bond donors (Lipinski definition) is 4. The minimum absolute atomic E-state index is 0.289. The van der Waals surface area contributed by atoms with Crippen LogP contribution in [0.15, 0.2) is 24.3 Å². The molecule has 2 aromatic carbocycles. The largest absolute Gasteiger partial charge is 0.507 e. The van der Waals surface area contributed by atoms with Gasteiger partial charge in [-0.3, -0.25) is 0 Å². The Labute approximate surface area is 277 Å². The number of rotatable bonds is 11. The molecule has 0 bridgehead atoms. The quantitative estimate of drug-likeness (QED) is 0.144. The summed E-state index contributed by atoms with van der Waals surface area (Å²) in [7, 11) is 0. The van der Waals surface area contributed by atoms with Crippen molar-refractivity contribution in [2.24, 2.45) is 0 Å². The van der Waals surface area contributed by atoms with Gasteiger partial charge in [0, 0.05) is 34.4 Å². The molecule has 6 heteroatoms. The van der Waals surface area contributed by atoms with Crippen molar-refractivity contribution in [1.29, 1.82) is 0 Å². The van der Waals surface area contributed by atoms with Crippen molar-refractivity contribution < 1.29 is 30.0 Å². The zero-order chi connectivity index (χ0) is 35.4. The summed E-state index contributed by atoms with van der Waals surface area (Å²) >= 11 is 0. The molecular formula is C40H58O6. The van der Waals surface area contributed by atoms with Gasteiger partial charge in [-0.1, -0.05) is 95.9 Å². The maximum absolute atomic E-state index is 11.5.